The summed E-state index contributed by atoms with van der Waals surface area (Å²) in [6.45, 7) is 6.48. The van der Waals surface area contributed by atoms with E-state index in [0.29, 0.717) is 13.2 Å². The molecule has 0 spiro atoms. The molecule has 0 rings (SSSR count). The Morgan fingerprint density at radius 1 is 1.23 bits per heavy atom. The molecular formula is C9H18O4. The Morgan fingerprint density at radius 3 is 2.23 bits per heavy atom. The van der Waals surface area contributed by atoms with Gasteiger partial charge in [-0.15, -0.1) is 0 Å². The first kappa shape index (κ1) is 12.4. The third kappa shape index (κ3) is 7.74. The Balaban J connectivity index is 3.21. The molecule has 0 aromatic carbocycles. The lowest BCUT2D eigenvalue weighted by atomic mass is 10.4. The van der Waals surface area contributed by atoms with Crippen LogP contribution in [0.4, 0.5) is 0 Å². The van der Waals surface area contributed by atoms with Crippen molar-refractivity contribution in [3.05, 3.63) is 0 Å². The second kappa shape index (κ2) is 6.86. The molecule has 1 N–H and O–H groups in total. The van der Waals surface area contributed by atoms with Crippen LogP contribution < -0.4 is 0 Å². The van der Waals surface area contributed by atoms with E-state index in [9.17, 15) is 4.79 Å². The molecule has 0 saturated carbocycles. The predicted molar refractivity (Wildman–Crippen MR) is 48.8 cm³/mol. The van der Waals surface area contributed by atoms with Crippen molar-refractivity contribution in [2.75, 3.05) is 13.2 Å². The molecule has 0 amide bonds. The molecule has 1 atom stereocenters. The second-order valence-electron chi connectivity index (χ2n) is 3.12. The molecule has 0 aliphatic heterocycles. The van der Waals surface area contributed by atoms with Crippen molar-refractivity contribution in [2.24, 2.45) is 0 Å². The lowest BCUT2D eigenvalue weighted by Crippen LogP contribution is -2.21. The quantitative estimate of drug-likeness (QED) is 0.614. The highest BCUT2D eigenvalue weighted by molar-refractivity contribution is 5.71. The topological polar surface area (TPSA) is 55.8 Å². The highest BCUT2D eigenvalue weighted by Gasteiger charge is 2.09. The molecule has 0 aliphatic carbocycles. The van der Waals surface area contributed by atoms with Gasteiger partial charge in [0, 0.05) is 13.2 Å². The Hall–Kier alpha value is -0.610. The summed E-state index contributed by atoms with van der Waals surface area (Å²) in [7, 11) is 0. The molecular weight excluding hydrogens is 172 g/mol. The first-order chi connectivity index (χ1) is 6.04. The van der Waals surface area contributed by atoms with Crippen molar-refractivity contribution in [2.45, 2.75) is 39.4 Å². The lowest BCUT2D eigenvalue weighted by Gasteiger charge is -2.09. The van der Waals surface area contributed by atoms with Crippen LogP contribution in [-0.4, -0.2) is 36.5 Å². The summed E-state index contributed by atoms with van der Waals surface area (Å²) in [6.07, 6.45) is 0.228. The van der Waals surface area contributed by atoms with Crippen LogP contribution in [0.25, 0.3) is 0 Å². The van der Waals surface area contributed by atoms with Gasteiger partial charge in [-0.2, -0.15) is 0 Å². The normalized spacial score (nSPS) is 13.2. The third-order valence-corrected chi connectivity index (χ3v) is 1.46. The number of aliphatic carboxylic acids is 1. The van der Waals surface area contributed by atoms with E-state index in [1.165, 1.54) is 6.92 Å². The van der Waals surface area contributed by atoms with Crippen molar-refractivity contribution < 1.29 is 19.4 Å². The Labute approximate surface area is 78.8 Å². The van der Waals surface area contributed by atoms with Crippen molar-refractivity contribution in [3.8, 4) is 0 Å². The van der Waals surface area contributed by atoms with E-state index < -0.39 is 12.1 Å². The SMILES string of the molecule is CC(C)OCCCOC(C)C(=O)O. The van der Waals surface area contributed by atoms with Crippen LogP contribution in [0, 0.1) is 0 Å². The number of rotatable bonds is 7. The molecule has 0 fully saturated rings. The van der Waals surface area contributed by atoms with E-state index in [0.717, 1.165) is 6.42 Å². The summed E-state index contributed by atoms with van der Waals surface area (Å²) in [4.78, 5) is 10.3. The van der Waals surface area contributed by atoms with Crippen LogP contribution in [0.15, 0.2) is 0 Å². The van der Waals surface area contributed by atoms with E-state index >= 15 is 0 Å². The van der Waals surface area contributed by atoms with Gasteiger partial charge in [-0.25, -0.2) is 4.79 Å². The average molecular weight is 190 g/mol. The number of carbonyl (C=O) groups is 1. The van der Waals surface area contributed by atoms with Gasteiger partial charge in [-0.05, 0) is 27.2 Å². The van der Waals surface area contributed by atoms with Crippen LogP contribution in [0.3, 0.4) is 0 Å². The zero-order chi connectivity index (χ0) is 10.3. The minimum absolute atomic E-state index is 0.219. The van der Waals surface area contributed by atoms with E-state index in [-0.39, 0.29) is 6.10 Å². The summed E-state index contributed by atoms with van der Waals surface area (Å²) in [5.74, 6) is -0.926. The number of hydrogen-bond donors (Lipinski definition) is 1. The van der Waals surface area contributed by atoms with E-state index in [1.54, 1.807) is 0 Å². The van der Waals surface area contributed by atoms with Crippen molar-refractivity contribution >= 4 is 5.97 Å². The van der Waals surface area contributed by atoms with Crippen LogP contribution in [0.2, 0.25) is 0 Å². The molecule has 0 aromatic rings. The van der Waals surface area contributed by atoms with Crippen LogP contribution in [-0.2, 0) is 14.3 Å². The highest BCUT2D eigenvalue weighted by atomic mass is 16.5. The van der Waals surface area contributed by atoms with Gasteiger partial charge in [0.15, 0.2) is 6.10 Å². The average Bonchev–Trinajstić information content (AvgIpc) is 2.02. The summed E-state index contributed by atoms with van der Waals surface area (Å²) in [5, 5.41) is 8.47. The smallest absolute Gasteiger partial charge is 0.332 e. The lowest BCUT2D eigenvalue weighted by molar-refractivity contribution is -0.149. The van der Waals surface area contributed by atoms with E-state index in [4.69, 9.17) is 14.6 Å². The molecule has 78 valence electrons. The molecule has 13 heavy (non-hydrogen) atoms. The van der Waals surface area contributed by atoms with Crippen molar-refractivity contribution in [1.29, 1.82) is 0 Å². The first-order valence-electron chi connectivity index (χ1n) is 4.50. The molecule has 0 aromatic heterocycles. The Kier molecular flexibility index (Phi) is 6.54. The largest absolute Gasteiger partial charge is 0.479 e. The standard InChI is InChI=1S/C9H18O4/c1-7(2)12-5-4-6-13-8(3)9(10)11/h7-8H,4-6H2,1-3H3,(H,10,11). The van der Waals surface area contributed by atoms with Gasteiger partial charge >= 0.3 is 5.97 Å². The summed E-state index contributed by atoms with van der Waals surface area (Å²) >= 11 is 0. The van der Waals surface area contributed by atoms with Gasteiger partial charge in [0.1, 0.15) is 0 Å². The maximum atomic E-state index is 10.3. The fourth-order valence-corrected chi connectivity index (χ4v) is 0.709. The van der Waals surface area contributed by atoms with Gasteiger partial charge in [0.25, 0.3) is 0 Å². The summed E-state index contributed by atoms with van der Waals surface area (Å²) < 4.78 is 10.3. The molecule has 4 nitrogen and oxygen atoms in total. The predicted octanol–water partition coefficient (Wildman–Crippen LogP) is 1.29. The molecule has 0 saturated heterocycles. The zero-order valence-corrected chi connectivity index (χ0v) is 8.45. The maximum Gasteiger partial charge on any atom is 0.332 e. The fourth-order valence-electron chi connectivity index (χ4n) is 0.709. The summed E-state index contributed by atoms with van der Waals surface area (Å²) in [5.41, 5.74) is 0. The zero-order valence-electron chi connectivity index (χ0n) is 8.45. The minimum atomic E-state index is -0.926. The van der Waals surface area contributed by atoms with E-state index in [2.05, 4.69) is 0 Å². The van der Waals surface area contributed by atoms with Gasteiger partial charge in [0.2, 0.25) is 0 Å². The van der Waals surface area contributed by atoms with Crippen LogP contribution in [0.5, 0.6) is 0 Å². The Morgan fingerprint density at radius 2 is 1.77 bits per heavy atom. The van der Waals surface area contributed by atoms with Crippen molar-refractivity contribution in [3.63, 3.8) is 0 Å². The van der Waals surface area contributed by atoms with E-state index in [1.807, 2.05) is 13.8 Å². The maximum absolute atomic E-state index is 10.3. The van der Waals surface area contributed by atoms with Gasteiger partial charge in [-0.3, -0.25) is 0 Å². The monoisotopic (exact) mass is 190 g/mol. The van der Waals surface area contributed by atoms with Crippen molar-refractivity contribution in [1.82, 2.24) is 0 Å². The molecule has 0 radical (unpaired) electrons. The fraction of sp³-hybridized carbons (Fsp3) is 0.889. The third-order valence-electron chi connectivity index (χ3n) is 1.46. The minimum Gasteiger partial charge on any atom is -0.479 e. The Bertz CT molecular complexity index is 145. The number of hydrogen-bond acceptors (Lipinski definition) is 3. The molecule has 0 heterocycles. The van der Waals surface area contributed by atoms with Gasteiger partial charge in [-0.1, -0.05) is 0 Å². The van der Waals surface area contributed by atoms with Crippen LogP contribution in [0.1, 0.15) is 27.2 Å². The molecule has 4 heteroatoms. The summed E-state index contributed by atoms with van der Waals surface area (Å²) in [6, 6.07) is 0. The highest BCUT2D eigenvalue weighted by Crippen LogP contribution is 1.95. The molecule has 0 bridgehead atoms. The number of carboxylic acid groups (broad SMARTS) is 1. The number of carboxylic acids is 1. The first-order valence-corrected chi connectivity index (χ1v) is 4.50. The second-order valence-corrected chi connectivity index (χ2v) is 3.12. The van der Waals surface area contributed by atoms with Gasteiger partial charge in [0.05, 0.1) is 6.10 Å². The molecule has 1 unspecified atom stereocenters. The molecule has 0 aliphatic rings. The van der Waals surface area contributed by atoms with Crippen LogP contribution >= 0.6 is 0 Å². The number of ether oxygens (including phenoxy) is 2. The van der Waals surface area contributed by atoms with Gasteiger partial charge < -0.3 is 14.6 Å².